The van der Waals surface area contributed by atoms with Gasteiger partial charge in [0.25, 0.3) is 0 Å². The average Bonchev–Trinajstić information content (AvgIpc) is 1.85. The molecule has 0 aliphatic heterocycles. The van der Waals surface area contributed by atoms with Gasteiger partial charge in [0.1, 0.15) is 0 Å². The first-order valence-corrected chi connectivity index (χ1v) is 3.48. The lowest BCUT2D eigenvalue weighted by Gasteiger charge is -2.00. The molecule has 1 nitrogen and oxygen atoms in total. The maximum Gasteiger partial charge on any atom is 0.159 e. The van der Waals surface area contributed by atoms with E-state index in [4.69, 9.17) is 17.0 Å². The second kappa shape index (κ2) is 5.76. The summed E-state index contributed by atoms with van der Waals surface area (Å²) in [6.45, 7) is 6.18. The van der Waals surface area contributed by atoms with Crippen LogP contribution in [-0.2, 0) is 4.74 Å². The van der Waals surface area contributed by atoms with Crippen molar-refractivity contribution in [3.8, 4) is 0 Å². The Morgan fingerprint density at radius 3 is 2.89 bits per heavy atom. The van der Waals surface area contributed by atoms with E-state index in [0.29, 0.717) is 11.7 Å². The van der Waals surface area contributed by atoms with Crippen LogP contribution < -0.4 is 0 Å². The van der Waals surface area contributed by atoms with Gasteiger partial charge in [0, 0.05) is 6.42 Å². The third-order valence-corrected chi connectivity index (χ3v) is 1.18. The van der Waals surface area contributed by atoms with E-state index < -0.39 is 0 Å². The summed E-state index contributed by atoms with van der Waals surface area (Å²) in [7, 11) is 0. The zero-order chi connectivity index (χ0) is 7.11. The first-order valence-electron chi connectivity index (χ1n) is 3.07. The summed E-state index contributed by atoms with van der Waals surface area (Å²) in [5.74, 6) is 0. The molecule has 0 rings (SSSR count). The minimum absolute atomic E-state index is 0.677. The normalized spacial score (nSPS) is 8.56. The predicted octanol–water partition coefficient (Wildman–Crippen LogP) is 2.32. The zero-order valence-electron chi connectivity index (χ0n) is 5.72. The third kappa shape index (κ3) is 5.50. The quantitative estimate of drug-likeness (QED) is 0.442. The molecule has 0 aromatic carbocycles. The highest BCUT2D eigenvalue weighted by Crippen LogP contribution is 1.94. The Balaban J connectivity index is 3.16. The number of hydrogen-bond donors (Lipinski definition) is 0. The van der Waals surface area contributed by atoms with Gasteiger partial charge in [-0.3, -0.25) is 0 Å². The summed E-state index contributed by atoms with van der Waals surface area (Å²) in [4.78, 5) is 0. The Bertz CT molecular complexity index is 99.1. The second-order valence-corrected chi connectivity index (χ2v) is 2.09. The van der Waals surface area contributed by atoms with Crippen molar-refractivity contribution in [1.29, 1.82) is 0 Å². The summed E-state index contributed by atoms with van der Waals surface area (Å²) in [5.41, 5.74) is 0. The van der Waals surface area contributed by atoms with E-state index in [1.807, 2.05) is 13.0 Å². The van der Waals surface area contributed by atoms with Gasteiger partial charge in [-0.2, -0.15) is 0 Å². The van der Waals surface area contributed by atoms with Crippen molar-refractivity contribution in [2.24, 2.45) is 0 Å². The molecule has 9 heavy (non-hydrogen) atoms. The average molecular weight is 144 g/mol. The van der Waals surface area contributed by atoms with Crippen LogP contribution in [0.15, 0.2) is 12.7 Å². The third-order valence-electron chi connectivity index (χ3n) is 0.858. The molecule has 0 fully saturated rings. The van der Waals surface area contributed by atoms with Gasteiger partial charge in [-0.1, -0.05) is 6.08 Å². The van der Waals surface area contributed by atoms with Crippen LogP contribution >= 0.6 is 12.2 Å². The lowest BCUT2D eigenvalue weighted by atomic mass is 10.3. The van der Waals surface area contributed by atoms with Gasteiger partial charge in [0.05, 0.1) is 6.61 Å². The van der Waals surface area contributed by atoms with E-state index in [0.717, 1.165) is 12.8 Å². The molecule has 0 N–H and O–H groups in total. The van der Waals surface area contributed by atoms with Crippen molar-refractivity contribution >= 4 is 17.3 Å². The van der Waals surface area contributed by atoms with Gasteiger partial charge in [-0.15, -0.1) is 6.58 Å². The second-order valence-electron chi connectivity index (χ2n) is 1.63. The van der Waals surface area contributed by atoms with Crippen molar-refractivity contribution in [3.63, 3.8) is 0 Å². The highest BCUT2D eigenvalue weighted by Gasteiger charge is 1.91. The number of allylic oxidation sites excluding steroid dienone is 1. The van der Waals surface area contributed by atoms with E-state index in [9.17, 15) is 0 Å². The Hall–Kier alpha value is -0.370. The van der Waals surface area contributed by atoms with Crippen molar-refractivity contribution < 1.29 is 4.74 Å². The Kier molecular flexibility index (Phi) is 5.52. The van der Waals surface area contributed by atoms with Crippen molar-refractivity contribution in [2.45, 2.75) is 19.8 Å². The van der Waals surface area contributed by atoms with Crippen LogP contribution in [0.3, 0.4) is 0 Å². The van der Waals surface area contributed by atoms with E-state index in [-0.39, 0.29) is 0 Å². The van der Waals surface area contributed by atoms with Gasteiger partial charge in [-0.25, -0.2) is 0 Å². The molecular formula is C7H12OS. The maximum absolute atomic E-state index is 5.03. The molecule has 0 amide bonds. The van der Waals surface area contributed by atoms with Crippen LogP contribution in [0.5, 0.6) is 0 Å². The molecule has 0 aliphatic rings. The lowest BCUT2D eigenvalue weighted by molar-refractivity contribution is 0.327. The van der Waals surface area contributed by atoms with Gasteiger partial charge in [0.2, 0.25) is 0 Å². The first kappa shape index (κ1) is 8.63. The minimum Gasteiger partial charge on any atom is -0.487 e. The summed E-state index contributed by atoms with van der Waals surface area (Å²) >= 11 is 4.85. The number of rotatable bonds is 4. The fourth-order valence-corrected chi connectivity index (χ4v) is 0.689. The Labute approximate surface area is 61.7 Å². The van der Waals surface area contributed by atoms with Gasteiger partial charge in [0.15, 0.2) is 5.05 Å². The summed E-state index contributed by atoms with van der Waals surface area (Å²) < 4.78 is 5.03. The highest BCUT2D eigenvalue weighted by atomic mass is 32.1. The molecule has 52 valence electrons. The minimum atomic E-state index is 0.677. The molecule has 0 aromatic rings. The van der Waals surface area contributed by atoms with Crippen LogP contribution in [-0.4, -0.2) is 11.7 Å². The standard InChI is InChI=1S/C7H12OS/c1-3-5-6-7(9)8-4-2/h3H,1,4-6H2,2H3. The van der Waals surface area contributed by atoms with E-state index in [2.05, 4.69) is 6.58 Å². The van der Waals surface area contributed by atoms with Gasteiger partial charge < -0.3 is 4.74 Å². The zero-order valence-corrected chi connectivity index (χ0v) is 6.54. The molecule has 0 aromatic heterocycles. The highest BCUT2D eigenvalue weighted by molar-refractivity contribution is 7.80. The van der Waals surface area contributed by atoms with E-state index in [1.54, 1.807) is 0 Å². The van der Waals surface area contributed by atoms with E-state index >= 15 is 0 Å². The molecule has 0 unspecified atom stereocenters. The molecule has 0 radical (unpaired) electrons. The molecule has 0 heterocycles. The Morgan fingerprint density at radius 1 is 1.78 bits per heavy atom. The molecule has 0 bridgehead atoms. The van der Waals surface area contributed by atoms with Crippen molar-refractivity contribution in [2.75, 3.05) is 6.61 Å². The molecule has 0 spiro atoms. The summed E-state index contributed by atoms with van der Waals surface area (Å²) in [6, 6.07) is 0. The number of thiocarbonyl (C=S) groups is 1. The fraction of sp³-hybridized carbons (Fsp3) is 0.571. The summed E-state index contributed by atoms with van der Waals surface area (Å²) in [6.07, 6.45) is 3.58. The SMILES string of the molecule is C=CCCC(=S)OCC. The van der Waals surface area contributed by atoms with Crippen LogP contribution in [0.1, 0.15) is 19.8 Å². The van der Waals surface area contributed by atoms with Gasteiger partial charge in [-0.05, 0) is 25.6 Å². The predicted molar refractivity (Wildman–Crippen MR) is 43.7 cm³/mol. The molecule has 0 aliphatic carbocycles. The molecule has 0 saturated carbocycles. The first-order chi connectivity index (χ1) is 4.31. The molecule has 2 heteroatoms. The Morgan fingerprint density at radius 2 is 2.44 bits per heavy atom. The van der Waals surface area contributed by atoms with E-state index in [1.165, 1.54) is 0 Å². The van der Waals surface area contributed by atoms with Crippen LogP contribution in [0, 0.1) is 0 Å². The lowest BCUT2D eigenvalue weighted by Crippen LogP contribution is -1.99. The largest absolute Gasteiger partial charge is 0.487 e. The monoisotopic (exact) mass is 144 g/mol. The maximum atomic E-state index is 5.03. The number of ether oxygens (including phenoxy) is 1. The molecule has 0 saturated heterocycles. The van der Waals surface area contributed by atoms with Crippen LogP contribution in [0.4, 0.5) is 0 Å². The van der Waals surface area contributed by atoms with Crippen molar-refractivity contribution in [3.05, 3.63) is 12.7 Å². The smallest absolute Gasteiger partial charge is 0.159 e. The van der Waals surface area contributed by atoms with Gasteiger partial charge >= 0.3 is 0 Å². The van der Waals surface area contributed by atoms with Crippen molar-refractivity contribution in [1.82, 2.24) is 0 Å². The fourth-order valence-electron chi connectivity index (χ4n) is 0.453. The topological polar surface area (TPSA) is 9.23 Å². The van der Waals surface area contributed by atoms with Crippen LogP contribution in [0.2, 0.25) is 0 Å². The molecule has 0 atom stereocenters. The molecular weight excluding hydrogens is 132 g/mol. The number of hydrogen-bond acceptors (Lipinski definition) is 2. The van der Waals surface area contributed by atoms with Crippen LogP contribution in [0.25, 0.3) is 0 Å². The summed E-state index contributed by atoms with van der Waals surface area (Å²) in [5, 5.41) is 0.692.